The van der Waals surface area contributed by atoms with Crippen LogP contribution in [0.5, 0.6) is 0 Å². The van der Waals surface area contributed by atoms with Crippen LogP contribution in [0.2, 0.25) is 0 Å². The molecule has 0 N–H and O–H groups in total. The Kier molecular flexibility index (Phi) is 6.12. The molecule has 6 heteroatoms. The summed E-state index contributed by atoms with van der Waals surface area (Å²) in [5.74, 6) is -0.231. The number of imide groups is 1. The predicted molar refractivity (Wildman–Crippen MR) is 135 cm³/mol. The zero-order valence-electron chi connectivity index (χ0n) is 17.9. The van der Waals surface area contributed by atoms with Crippen molar-refractivity contribution < 1.29 is 9.59 Å². The van der Waals surface area contributed by atoms with E-state index in [0.717, 1.165) is 43.5 Å². The quantitative estimate of drug-likeness (QED) is 0.277. The molecule has 1 saturated heterocycles. The van der Waals surface area contributed by atoms with Gasteiger partial charge in [0.1, 0.15) is 0 Å². The zero-order valence-corrected chi connectivity index (χ0v) is 20.9. The van der Waals surface area contributed by atoms with E-state index in [1.54, 1.807) is 0 Å². The molecule has 0 aliphatic carbocycles. The fourth-order valence-corrected chi connectivity index (χ4v) is 5.02. The van der Waals surface area contributed by atoms with Gasteiger partial charge in [0, 0.05) is 20.6 Å². The molecule has 2 heterocycles. The number of benzene rings is 2. The molecule has 0 unspecified atom stereocenters. The first-order chi connectivity index (χ1) is 14.8. The van der Waals surface area contributed by atoms with Gasteiger partial charge in [-0.05, 0) is 115 Å². The highest BCUT2D eigenvalue weighted by molar-refractivity contribution is 14.1. The van der Waals surface area contributed by atoms with Crippen molar-refractivity contribution in [2.45, 2.75) is 34.2 Å². The van der Waals surface area contributed by atoms with Crippen molar-refractivity contribution in [2.24, 2.45) is 0 Å². The molecular formula is C25H23IN2O2S. The Labute approximate surface area is 200 Å². The number of carbonyl (C=O) groups excluding carboxylic acids is 2. The van der Waals surface area contributed by atoms with E-state index in [0.29, 0.717) is 11.4 Å². The summed E-state index contributed by atoms with van der Waals surface area (Å²) in [6.07, 6.45) is 1.85. The van der Waals surface area contributed by atoms with Gasteiger partial charge in [-0.2, -0.15) is 0 Å². The van der Waals surface area contributed by atoms with Gasteiger partial charge in [0.25, 0.3) is 11.1 Å². The molecule has 0 atom stereocenters. The number of aromatic nitrogens is 1. The van der Waals surface area contributed by atoms with E-state index >= 15 is 0 Å². The second kappa shape index (κ2) is 8.67. The van der Waals surface area contributed by atoms with E-state index < -0.39 is 0 Å². The minimum absolute atomic E-state index is 0.224. The van der Waals surface area contributed by atoms with Gasteiger partial charge in [0.05, 0.1) is 11.4 Å². The van der Waals surface area contributed by atoms with E-state index in [2.05, 4.69) is 79.1 Å². The fraction of sp³-hybridized carbons (Fsp3) is 0.200. The van der Waals surface area contributed by atoms with Crippen molar-refractivity contribution in [1.82, 2.24) is 9.47 Å². The average molecular weight is 542 g/mol. The Morgan fingerprint density at radius 1 is 1.00 bits per heavy atom. The third kappa shape index (κ3) is 4.23. The van der Waals surface area contributed by atoms with Crippen molar-refractivity contribution in [2.75, 3.05) is 0 Å². The Balaban J connectivity index is 1.65. The van der Waals surface area contributed by atoms with Crippen molar-refractivity contribution in [3.63, 3.8) is 0 Å². The molecule has 4 rings (SSSR count). The van der Waals surface area contributed by atoms with E-state index in [4.69, 9.17) is 0 Å². The van der Waals surface area contributed by atoms with Crippen LogP contribution in [-0.4, -0.2) is 20.6 Å². The topological polar surface area (TPSA) is 42.3 Å². The molecular weight excluding hydrogens is 519 g/mol. The molecule has 0 radical (unpaired) electrons. The van der Waals surface area contributed by atoms with Crippen LogP contribution in [0.4, 0.5) is 4.79 Å². The highest BCUT2D eigenvalue weighted by Crippen LogP contribution is 2.35. The molecule has 1 aliphatic rings. The summed E-state index contributed by atoms with van der Waals surface area (Å²) in [5, 5.41) is -0.224. The maximum atomic E-state index is 13.0. The minimum atomic E-state index is -0.231. The smallest absolute Gasteiger partial charge is 0.293 e. The molecule has 0 bridgehead atoms. The van der Waals surface area contributed by atoms with Crippen LogP contribution in [0.1, 0.15) is 33.6 Å². The summed E-state index contributed by atoms with van der Waals surface area (Å²) in [6, 6.07) is 16.2. The van der Waals surface area contributed by atoms with Crippen LogP contribution >= 0.6 is 34.4 Å². The maximum Gasteiger partial charge on any atom is 0.293 e. The molecule has 0 saturated carbocycles. The van der Waals surface area contributed by atoms with Crippen LogP contribution in [0.15, 0.2) is 53.4 Å². The third-order valence-corrected chi connectivity index (χ3v) is 7.33. The Hall–Kier alpha value is -2.32. The van der Waals surface area contributed by atoms with E-state index in [-0.39, 0.29) is 11.1 Å². The summed E-state index contributed by atoms with van der Waals surface area (Å²) >= 11 is 3.25. The second-order valence-corrected chi connectivity index (χ2v) is 10.0. The van der Waals surface area contributed by atoms with Crippen LogP contribution in [-0.2, 0) is 11.3 Å². The molecule has 1 aromatic heterocycles. The monoisotopic (exact) mass is 542 g/mol. The van der Waals surface area contributed by atoms with Crippen molar-refractivity contribution in [3.8, 4) is 5.69 Å². The standard InChI is InChI=1S/C25H23IN2O2S/c1-15-6-5-7-22(17(15)3)28-16(2)12-20(18(28)4)13-23-24(29)27(25(30)31-23)14-19-8-10-21(26)11-9-19/h5-13H,14H2,1-4H3/b23-13-. The molecule has 158 valence electrons. The number of rotatable bonds is 4. The lowest BCUT2D eigenvalue weighted by atomic mass is 10.1. The van der Waals surface area contributed by atoms with Gasteiger partial charge in [0.15, 0.2) is 0 Å². The summed E-state index contributed by atoms with van der Waals surface area (Å²) in [5.41, 5.74) is 7.65. The van der Waals surface area contributed by atoms with E-state index in [1.165, 1.54) is 16.0 Å². The van der Waals surface area contributed by atoms with Crippen molar-refractivity contribution >= 4 is 51.6 Å². The van der Waals surface area contributed by atoms with Crippen LogP contribution in [0, 0.1) is 31.3 Å². The van der Waals surface area contributed by atoms with Crippen LogP contribution in [0.25, 0.3) is 11.8 Å². The maximum absolute atomic E-state index is 13.0. The summed E-state index contributed by atoms with van der Waals surface area (Å²) < 4.78 is 3.33. The first-order valence-electron chi connectivity index (χ1n) is 10.0. The first-order valence-corrected chi connectivity index (χ1v) is 11.9. The average Bonchev–Trinajstić information content (AvgIpc) is 3.15. The fourth-order valence-electron chi connectivity index (χ4n) is 3.83. The summed E-state index contributed by atoms with van der Waals surface area (Å²) in [6.45, 7) is 8.64. The van der Waals surface area contributed by atoms with Gasteiger partial charge in [0.2, 0.25) is 0 Å². The van der Waals surface area contributed by atoms with Crippen LogP contribution in [0.3, 0.4) is 0 Å². The third-order valence-electron chi connectivity index (χ3n) is 5.70. The first kappa shape index (κ1) is 21.9. The normalized spacial score (nSPS) is 15.4. The molecule has 3 aromatic rings. The van der Waals surface area contributed by atoms with Gasteiger partial charge in [-0.1, -0.05) is 24.3 Å². The van der Waals surface area contributed by atoms with Gasteiger partial charge in [-0.15, -0.1) is 0 Å². The van der Waals surface area contributed by atoms with E-state index in [9.17, 15) is 9.59 Å². The molecule has 1 aliphatic heterocycles. The highest BCUT2D eigenvalue weighted by Gasteiger charge is 2.35. The van der Waals surface area contributed by atoms with Gasteiger partial charge < -0.3 is 4.57 Å². The second-order valence-electron chi connectivity index (χ2n) is 7.78. The molecule has 2 aromatic carbocycles. The predicted octanol–water partition coefficient (Wildman–Crippen LogP) is 6.55. The number of carbonyl (C=O) groups is 2. The Morgan fingerprint density at radius 3 is 2.42 bits per heavy atom. The lowest BCUT2D eigenvalue weighted by Gasteiger charge is -2.14. The van der Waals surface area contributed by atoms with Gasteiger partial charge in [-0.25, -0.2) is 0 Å². The lowest BCUT2D eigenvalue weighted by molar-refractivity contribution is -0.123. The molecule has 31 heavy (non-hydrogen) atoms. The number of thioether (sulfide) groups is 1. The van der Waals surface area contributed by atoms with Crippen molar-refractivity contribution in [3.05, 3.63) is 90.6 Å². The molecule has 0 spiro atoms. The largest absolute Gasteiger partial charge is 0.318 e. The van der Waals surface area contributed by atoms with Gasteiger partial charge in [-0.3, -0.25) is 14.5 Å². The number of amides is 2. The SMILES string of the molecule is Cc1cccc(-n2c(C)cc(/C=C3\SC(=O)N(Cc4ccc(I)cc4)C3=O)c2C)c1C. The summed E-state index contributed by atoms with van der Waals surface area (Å²) in [7, 11) is 0. The lowest BCUT2D eigenvalue weighted by Crippen LogP contribution is -2.27. The number of aryl methyl sites for hydroxylation is 2. The Bertz CT molecular complexity index is 1230. The van der Waals surface area contributed by atoms with E-state index in [1.807, 2.05) is 30.3 Å². The van der Waals surface area contributed by atoms with Gasteiger partial charge >= 0.3 is 0 Å². The number of halogens is 1. The Morgan fingerprint density at radius 2 is 1.71 bits per heavy atom. The number of hydrogen-bond donors (Lipinski definition) is 0. The molecule has 1 fully saturated rings. The number of hydrogen-bond acceptors (Lipinski definition) is 3. The zero-order chi connectivity index (χ0) is 22.3. The molecule has 2 amide bonds. The minimum Gasteiger partial charge on any atom is -0.318 e. The van der Waals surface area contributed by atoms with Crippen molar-refractivity contribution in [1.29, 1.82) is 0 Å². The van der Waals surface area contributed by atoms with Crippen LogP contribution < -0.4 is 0 Å². The molecule has 4 nitrogen and oxygen atoms in total. The number of nitrogens with zero attached hydrogens (tertiary/aromatic N) is 2. The highest BCUT2D eigenvalue weighted by atomic mass is 127. The summed E-state index contributed by atoms with van der Waals surface area (Å²) in [4.78, 5) is 27.3.